The third-order valence-electron chi connectivity index (χ3n) is 3.38. The first-order valence-corrected chi connectivity index (χ1v) is 7.25. The van der Waals surface area contributed by atoms with Crippen LogP contribution in [0.1, 0.15) is 33.2 Å². The standard InChI is InChI=1S/C18H19NO4/c1-12-6-5-8-15(17(12)19)18(21)23-11-10-22-16-9-4-3-7-14(16)13(2)20/h3-9H,10-11,19H2,1-2H3. The Morgan fingerprint density at radius 3 is 2.43 bits per heavy atom. The van der Waals surface area contributed by atoms with Crippen molar-refractivity contribution in [3.63, 3.8) is 0 Å². The Hall–Kier alpha value is -2.82. The average Bonchev–Trinajstić information content (AvgIpc) is 2.54. The zero-order valence-corrected chi connectivity index (χ0v) is 13.2. The summed E-state index contributed by atoms with van der Waals surface area (Å²) >= 11 is 0. The van der Waals surface area contributed by atoms with Gasteiger partial charge in [-0.15, -0.1) is 0 Å². The molecule has 0 radical (unpaired) electrons. The first-order chi connectivity index (χ1) is 11.0. The lowest BCUT2D eigenvalue weighted by Gasteiger charge is -2.11. The number of benzene rings is 2. The molecule has 5 nitrogen and oxygen atoms in total. The number of ether oxygens (including phenoxy) is 2. The van der Waals surface area contributed by atoms with Crippen LogP contribution in [0.3, 0.4) is 0 Å². The summed E-state index contributed by atoms with van der Waals surface area (Å²) in [4.78, 5) is 23.5. The molecule has 0 bridgehead atoms. The first-order valence-electron chi connectivity index (χ1n) is 7.25. The summed E-state index contributed by atoms with van der Waals surface area (Å²) in [7, 11) is 0. The summed E-state index contributed by atoms with van der Waals surface area (Å²) in [5, 5.41) is 0. The van der Waals surface area contributed by atoms with Gasteiger partial charge in [-0.3, -0.25) is 4.79 Å². The number of hydrogen-bond acceptors (Lipinski definition) is 5. The maximum atomic E-state index is 12.0. The van der Waals surface area contributed by atoms with Crippen LogP contribution in [-0.4, -0.2) is 25.0 Å². The van der Waals surface area contributed by atoms with Crippen molar-refractivity contribution in [2.24, 2.45) is 0 Å². The summed E-state index contributed by atoms with van der Waals surface area (Å²) < 4.78 is 10.7. The number of anilines is 1. The maximum Gasteiger partial charge on any atom is 0.340 e. The van der Waals surface area contributed by atoms with Gasteiger partial charge < -0.3 is 15.2 Å². The highest BCUT2D eigenvalue weighted by Crippen LogP contribution is 2.19. The number of hydrogen-bond donors (Lipinski definition) is 1. The number of nitrogens with two attached hydrogens (primary N) is 1. The van der Waals surface area contributed by atoms with Crippen LogP contribution in [0, 0.1) is 6.92 Å². The number of carbonyl (C=O) groups excluding carboxylic acids is 2. The van der Waals surface area contributed by atoms with Crippen molar-refractivity contribution in [1.82, 2.24) is 0 Å². The van der Waals surface area contributed by atoms with Gasteiger partial charge in [-0.2, -0.15) is 0 Å². The molecule has 2 aromatic rings. The number of rotatable bonds is 6. The molecule has 0 atom stereocenters. The van der Waals surface area contributed by atoms with Crippen molar-refractivity contribution in [3.05, 3.63) is 59.2 Å². The second-order valence-electron chi connectivity index (χ2n) is 5.07. The van der Waals surface area contributed by atoms with E-state index in [1.165, 1.54) is 6.92 Å². The summed E-state index contributed by atoms with van der Waals surface area (Å²) in [5.41, 5.74) is 7.95. The Labute approximate surface area is 135 Å². The van der Waals surface area contributed by atoms with Gasteiger partial charge in [-0.1, -0.05) is 24.3 Å². The molecule has 0 heterocycles. The Kier molecular flexibility index (Phi) is 5.36. The van der Waals surface area contributed by atoms with Gasteiger partial charge in [0.15, 0.2) is 5.78 Å². The van der Waals surface area contributed by atoms with Crippen molar-refractivity contribution in [2.75, 3.05) is 18.9 Å². The highest BCUT2D eigenvalue weighted by Gasteiger charge is 2.12. The molecule has 23 heavy (non-hydrogen) atoms. The maximum absolute atomic E-state index is 12.0. The van der Waals surface area contributed by atoms with Crippen molar-refractivity contribution in [3.8, 4) is 5.75 Å². The number of para-hydroxylation sites is 2. The molecule has 0 saturated heterocycles. The molecule has 0 aliphatic carbocycles. The molecule has 5 heteroatoms. The van der Waals surface area contributed by atoms with Crippen LogP contribution in [0.25, 0.3) is 0 Å². The van der Waals surface area contributed by atoms with E-state index in [0.29, 0.717) is 22.6 Å². The van der Waals surface area contributed by atoms with E-state index >= 15 is 0 Å². The number of ketones is 1. The topological polar surface area (TPSA) is 78.6 Å². The third-order valence-corrected chi connectivity index (χ3v) is 3.38. The fraction of sp³-hybridized carbons (Fsp3) is 0.222. The molecule has 0 fully saturated rings. The molecule has 2 aromatic carbocycles. The van der Waals surface area contributed by atoms with Gasteiger partial charge in [0.05, 0.1) is 11.1 Å². The van der Waals surface area contributed by atoms with Crippen molar-refractivity contribution in [2.45, 2.75) is 13.8 Å². The van der Waals surface area contributed by atoms with E-state index in [-0.39, 0.29) is 19.0 Å². The highest BCUT2D eigenvalue weighted by atomic mass is 16.6. The fourth-order valence-corrected chi connectivity index (χ4v) is 2.11. The van der Waals surface area contributed by atoms with Crippen LogP contribution < -0.4 is 10.5 Å². The zero-order chi connectivity index (χ0) is 16.8. The van der Waals surface area contributed by atoms with Gasteiger partial charge in [0, 0.05) is 5.69 Å². The Bertz CT molecular complexity index is 725. The number of carbonyl (C=O) groups is 2. The van der Waals surface area contributed by atoms with E-state index in [2.05, 4.69) is 0 Å². The van der Waals surface area contributed by atoms with E-state index in [9.17, 15) is 9.59 Å². The molecule has 0 aliphatic rings. The minimum absolute atomic E-state index is 0.0679. The van der Waals surface area contributed by atoms with E-state index < -0.39 is 5.97 Å². The number of aryl methyl sites for hydroxylation is 1. The monoisotopic (exact) mass is 313 g/mol. The molecule has 2 N–H and O–H groups in total. The van der Waals surface area contributed by atoms with Gasteiger partial charge in [0.25, 0.3) is 0 Å². The molecule has 0 unspecified atom stereocenters. The Morgan fingerprint density at radius 1 is 1.00 bits per heavy atom. The molecule has 0 amide bonds. The SMILES string of the molecule is CC(=O)c1ccccc1OCCOC(=O)c1cccc(C)c1N. The highest BCUT2D eigenvalue weighted by molar-refractivity contribution is 5.97. The minimum atomic E-state index is -0.491. The van der Waals surface area contributed by atoms with E-state index in [1.807, 2.05) is 13.0 Å². The summed E-state index contributed by atoms with van der Waals surface area (Å²) in [6.45, 7) is 3.52. The fourth-order valence-electron chi connectivity index (χ4n) is 2.11. The lowest BCUT2D eigenvalue weighted by molar-refractivity contribution is 0.0450. The lowest BCUT2D eigenvalue weighted by Crippen LogP contribution is -2.14. The van der Waals surface area contributed by atoms with Crippen LogP contribution in [0.5, 0.6) is 5.75 Å². The van der Waals surface area contributed by atoms with Crippen LogP contribution in [0.4, 0.5) is 5.69 Å². The van der Waals surface area contributed by atoms with E-state index in [4.69, 9.17) is 15.2 Å². The number of nitrogen functional groups attached to an aromatic ring is 1. The lowest BCUT2D eigenvalue weighted by atomic mass is 10.1. The molecular formula is C18H19NO4. The molecule has 0 aromatic heterocycles. The molecule has 0 aliphatic heterocycles. The first kappa shape index (κ1) is 16.5. The van der Waals surface area contributed by atoms with Crippen molar-refractivity contribution >= 4 is 17.4 Å². The summed E-state index contributed by atoms with van der Waals surface area (Å²) in [5.74, 6) is -0.0918. The van der Waals surface area contributed by atoms with E-state index in [1.54, 1.807) is 36.4 Å². The average molecular weight is 313 g/mol. The van der Waals surface area contributed by atoms with Crippen LogP contribution >= 0.6 is 0 Å². The van der Waals surface area contributed by atoms with Gasteiger partial charge in [-0.05, 0) is 37.6 Å². The molecule has 2 rings (SSSR count). The normalized spacial score (nSPS) is 10.2. The van der Waals surface area contributed by atoms with Crippen molar-refractivity contribution < 1.29 is 19.1 Å². The van der Waals surface area contributed by atoms with Crippen LogP contribution in [-0.2, 0) is 4.74 Å². The van der Waals surface area contributed by atoms with Gasteiger partial charge in [-0.25, -0.2) is 4.79 Å². The summed E-state index contributed by atoms with van der Waals surface area (Å²) in [6, 6.07) is 12.1. The van der Waals surface area contributed by atoms with Crippen LogP contribution in [0.2, 0.25) is 0 Å². The van der Waals surface area contributed by atoms with Gasteiger partial charge in [0.2, 0.25) is 0 Å². The Morgan fingerprint density at radius 2 is 1.70 bits per heavy atom. The number of Topliss-reactive ketones (excluding diaryl/α,β-unsaturated/α-hetero) is 1. The van der Waals surface area contributed by atoms with Gasteiger partial charge >= 0.3 is 5.97 Å². The predicted molar refractivity (Wildman–Crippen MR) is 87.8 cm³/mol. The second kappa shape index (κ2) is 7.45. The third kappa shape index (κ3) is 4.10. The smallest absolute Gasteiger partial charge is 0.340 e. The molecule has 0 spiro atoms. The number of esters is 1. The molecule has 120 valence electrons. The quantitative estimate of drug-likeness (QED) is 0.384. The largest absolute Gasteiger partial charge is 0.489 e. The Balaban J connectivity index is 1.90. The van der Waals surface area contributed by atoms with Crippen LogP contribution in [0.15, 0.2) is 42.5 Å². The van der Waals surface area contributed by atoms with Gasteiger partial charge in [0.1, 0.15) is 19.0 Å². The predicted octanol–water partition coefficient (Wildman–Crippen LogP) is 3.02. The second-order valence-corrected chi connectivity index (χ2v) is 5.07. The van der Waals surface area contributed by atoms with Crippen molar-refractivity contribution in [1.29, 1.82) is 0 Å². The minimum Gasteiger partial charge on any atom is -0.489 e. The molecular weight excluding hydrogens is 294 g/mol. The summed E-state index contributed by atoms with van der Waals surface area (Å²) in [6.07, 6.45) is 0. The molecule has 0 saturated carbocycles. The van der Waals surface area contributed by atoms with E-state index in [0.717, 1.165) is 5.56 Å². The zero-order valence-electron chi connectivity index (χ0n) is 13.2.